The van der Waals surface area contributed by atoms with Crippen LogP contribution >= 0.6 is 0 Å². The van der Waals surface area contributed by atoms with Gasteiger partial charge in [-0.2, -0.15) is 0 Å². The number of nitrogens with two attached hydrogens (primary N) is 1. The molecule has 0 radical (unpaired) electrons. The lowest BCUT2D eigenvalue weighted by Gasteiger charge is -2.24. The van der Waals surface area contributed by atoms with Crippen molar-refractivity contribution >= 4 is 23.5 Å². The molecule has 1 saturated heterocycles. The number of hydrogen-bond donors (Lipinski definition) is 2. The number of anilines is 2. The number of carbonyl (C=O) groups excluding carboxylic acids is 2. The van der Waals surface area contributed by atoms with Gasteiger partial charge in [-0.25, -0.2) is 23.5 Å². The van der Waals surface area contributed by atoms with Crippen molar-refractivity contribution in [1.82, 2.24) is 9.55 Å². The number of alkyl halides is 2. The van der Waals surface area contributed by atoms with Gasteiger partial charge in [-0.3, -0.25) is 4.79 Å². The van der Waals surface area contributed by atoms with E-state index in [4.69, 9.17) is 15.2 Å². The topological polar surface area (TPSA) is 112 Å². The maximum absolute atomic E-state index is 13.9. The van der Waals surface area contributed by atoms with Gasteiger partial charge in [-0.05, 0) is 12.1 Å². The molecule has 0 spiro atoms. The van der Waals surface area contributed by atoms with Crippen molar-refractivity contribution in [1.29, 1.82) is 0 Å². The molecular weight excluding hydrogens is 388 g/mol. The number of aromatic nitrogens is 2. The van der Waals surface area contributed by atoms with E-state index in [1.165, 1.54) is 0 Å². The number of imidazole rings is 1. The van der Waals surface area contributed by atoms with Crippen LogP contribution in [0.2, 0.25) is 0 Å². The predicted molar refractivity (Wildman–Crippen MR) is 99.1 cm³/mol. The van der Waals surface area contributed by atoms with Crippen molar-refractivity contribution in [3.05, 3.63) is 24.4 Å². The highest BCUT2D eigenvalue weighted by Crippen LogP contribution is 2.37. The Kier molecular flexibility index (Phi) is 4.52. The molecule has 2 aliphatic heterocycles. The number of amides is 2. The van der Waals surface area contributed by atoms with E-state index in [1.54, 1.807) is 29.0 Å². The van der Waals surface area contributed by atoms with Gasteiger partial charge in [-0.1, -0.05) is 0 Å². The third-order valence-corrected chi connectivity index (χ3v) is 4.75. The molecule has 0 saturated carbocycles. The summed E-state index contributed by atoms with van der Waals surface area (Å²) in [5.74, 6) is -2.56. The maximum atomic E-state index is 13.9. The molecule has 11 heteroatoms. The van der Waals surface area contributed by atoms with Gasteiger partial charge in [0.05, 0.1) is 18.7 Å². The van der Waals surface area contributed by atoms with Crippen LogP contribution < -0.4 is 20.7 Å². The van der Waals surface area contributed by atoms with E-state index in [9.17, 15) is 18.4 Å². The average molecular weight is 407 g/mol. The largest absolute Gasteiger partial charge is 0.491 e. The monoisotopic (exact) mass is 407 g/mol. The minimum Gasteiger partial charge on any atom is -0.491 e. The van der Waals surface area contributed by atoms with Crippen LogP contribution in [-0.4, -0.2) is 53.3 Å². The van der Waals surface area contributed by atoms with Crippen LogP contribution in [0.3, 0.4) is 0 Å². The Morgan fingerprint density at radius 1 is 1.41 bits per heavy atom. The van der Waals surface area contributed by atoms with E-state index >= 15 is 0 Å². The molecule has 1 aromatic carbocycles. The molecule has 1 aromatic heterocycles. The molecule has 1 unspecified atom stereocenters. The van der Waals surface area contributed by atoms with Gasteiger partial charge in [0.1, 0.15) is 30.8 Å². The second-order valence-corrected chi connectivity index (χ2v) is 6.91. The fourth-order valence-electron chi connectivity index (χ4n) is 3.33. The van der Waals surface area contributed by atoms with Crippen molar-refractivity contribution < 1.29 is 27.8 Å². The van der Waals surface area contributed by atoms with Crippen LogP contribution in [0.4, 0.5) is 25.1 Å². The first kappa shape index (κ1) is 19.0. The summed E-state index contributed by atoms with van der Waals surface area (Å²) in [5.41, 5.74) is 6.41. The summed E-state index contributed by atoms with van der Waals surface area (Å²) >= 11 is 0. The molecule has 0 aliphatic carbocycles. The number of primary amides is 1. The van der Waals surface area contributed by atoms with Gasteiger partial charge in [0.15, 0.2) is 5.82 Å². The highest BCUT2D eigenvalue weighted by molar-refractivity contribution is 5.90. The lowest BCUT2D eigenvalue weighted by Crippen LogP contribution is -2.45. The fourth-order valence-corrected chi connectivity index (χ4v) is 3.33. The zero-order valence-corrected chi connectivity index (χ0v) is 15.5. The lowest BCUT2D eigenvalue weighted by molar-refractivity contribution is -0.116. The number of benzene rings is 1. The molecule has 1 atom stereocenters. The average Bonchev–Trinajstić information content (AvgIpc) is 3.19. The summed E-state index contributed by atoms with van der Waals surface area (Å²) in [4.78, 5) is 28.4. The number of nitrogens with zero attached hydrogens (tertiary/aromatic N) is 3. The molecule has 2 aromatic rings. The highest BCUT2D eigenvalue weighted by Gasteiger charge is 2.48. The first-order chi connectivity index (χ1) is 13.7. The molecule has 29 heavy (non-hydrogen) atoms. The maximum Gasteiger partial charge on any atom is 0.416 e. The first-order valence-corrected chi connectivity index (χ1v) is 8.94. The first-order valence-electron chi connectivity index (χ1n) is 8.94. The third-order valence-electron chi connectivity index (χ3n) is 4.75. The van der Waals surface area contributed by atoms with E-state index in [-0.39, 0.29) is 12.4 Å². The summed E-state index contributed by atoms with van der Waals surface area (Å²) in [5, 5.41) is 2.88. The number of fused-ring (bicyclic) bond motifs is 3. The SMILES string of the molecule is CC(F)(F)C1COC(=O)N1c1cn2c(n1)-c1ccc(NCC(N)=O)cc1OCC2. The number of cyclic esters (lactones) is 1. The number of halogens is 2. The van der Waals surface area contributed by atoms with E-state index in [0.717, 1.165) is 11.8 Å². The van der Waals surface area contributed by atoms with Gasteiger partial charge in [0.25, 0.3) is 5.92 Å². The van der Waals surface area contributed by atoms with Crippen LogP contribution in [0.5, 0.6) is 5.75 Å². The molecule has 154 valence electrons. The summed E-state index contributed by atoms with van der Waals surface area (Å²) < 4.78 is 40.2. The van der Waals surface area contributed by atoms with Gasteiger partial charge in [-0.15, -0.1) is 0 Å². The molecular formula is C18H19F2N5O4. The lowest BCUT2D eigenvalue weighted by atomic mass is 10.1. The number of carbonyl (C=O) groups is 2. The van der Waals surface area contributed by atoms with Crippen LogP contribution in [0.1, 0.15) is 6.92 Å². The quantitative estimate of drug-likeness (QED) is 0.782. The number of hydrogen-bond acceptors (Lipinski definition) is 6. The molecule has 4 rings (SSSR count). The summed E-state index contributed by atoms with van der Waals surface area (Å²) in [6.07, 6.45) is 0.686. The van der Waals surface area contributed by atoms with Crippen LogP contribution in [0, 0.1) is 0 Å². The molecule has 3 heterocycles. The van der Waals surface area contributed by atoms with E-state index in [0.29, 0.717) is 36.0 Å². The van der Waals surface area contributed by atoms with Crippen molar-refractivity contribution in [3.63, 3.8) is 0 Å². The van der Waals surface area contributed by atoms with Crippen molar-refractivity contribution in [2.75, 3.05) is 30.0 Å². The number of ether oxygens (including phenoxy) is 2. The minimum atomic E-state index is -3.14. The summed E-state index contributed by atoms with van der Waals surface area (Å²) in [6.45, 7) is 1.04. The summed E-state index contributed by atoms with van der Waals surface area (Å²) in [7, 11) is 0. The predicted octanol–water partition coefficient (Wildman–Crippen LogP) is 1.82. The van der Waals surface area contributed by atoms with E-state index in [2.05, 4.69) is 10.3 Å². The third kappa shape index (κ3) is 3.55. The molecule has 1 fully saturated rings. The molecule has 3 N–H and O–H groups in total. The van der Waals surface area contributed by atoms with Crippen LogP contribution in [-0.2, 0) is 16.1 Å². The summed E-state index contributed by atoms with van der Waals surface area (Å²) in [6, 6.07) is 3.74. The van der Waals surface area contributed by atoms with Gasteiger partial charge in [0.2, 0.25) is 5.91 Å². The van der Waals surface area contributed by atoms with Gasteiger partial charge < -0.3 is 25.1 Å². The van der Waals surface area contributed by atoms with Crippen molar-refractivity contribution in [2.45, 2.75) is 25.4 Å². The smallest absolute Gasteiger partial charge is 0.416 e. The highest BCUT2D eigenvalue weighted by atomic mass is 19.3. The second-order valence-electron chi connectivity index (χ2n) is 6.91. The van der Waals surface area contributed by atoms with Crippen LogP contribution in [0.25, 0.3) is 11.4 Å². The Labute approximate surface area is 164 Å². The number of rotatable bonds is 5. The van der Waals surface area contributed by atoms with E-state index < -0.39 is 30.6 Å². The Hall–Kier alpha value is -3.37. The van der Waals surface area contributed by atoms with Crippen molar-refractivity contribution in [3.8, 4) is 17.1 Å². The fraction of sp³-hybridized carbons (Fsp3) is 0.389. The van der Waals surface area contributed by atoms with Crippen molar-refractivity contribution in [2.24, 2.45) is 5.73 Å². The number of nitrogens with one attached hydrogen (secondary N) is 1. The molecule has 9 nitrogen and oxygen atoms in total. The zero-order valence-electron chi connectivity index (χ0n) is 15.5. The van der Waals surface area contributed by atoms with Gasteiger partial charge >= 0.3 is 6.09 Å². The Morgan fingerprint density at radius 2 is 2.21 bits per heavy atom. The standard InChI is InChI=1S/C18H19F2N5O4/c1-18(19,20)13-9-29-17(27)25(13)15-8-24-4-5-28-12-6-10(22-7-14(21)26)2-3-11(12)16(24)23-15/h2-3,6,8,13,22H,4-5,7,9H2,1H3,(H2,21,26). The zero-order chi connectivity index (χ0) is 20.8. The Bertz CT molecular complexity index is 972. The molecule has 0 bridgehead atoms. The Balaban J connectivity index is 1.69. The minimum absolute atomic E-state index is 0.0265. The normalized spacial score (nSPS) is 18.4. The molecule has 2 amide bonds. The molecule has 2 aliphatic rings. The van der Waals surface area contributed by atoms with E-state index in [1.807, 2.05) is 0 Å². The van der Waals surface area contributed by atoms with Gasteiger partial charge in [0, 0.05) is 24.9 Å². The second kappa shape index (κ2) is 6.90. The Morgan fingerprint density at radius 3 is 2.93 bits per heavy atom. The van der Waals surface area contributed by atoms with Crippen LogP contribution in [0.15, 0.2) is 24.4 Å².